The lowest BCUT2D eigenvalue weighted by Crippen LogP contribution is -2.46. The van der Waals surface area contributed by atoms with E-state index in [0.717, 1.165) is 23.7 Å². The zero-order chi connectivity index (χ0) is 18.6. The molecular weight excluding hydrogens is 338 g/mol. The molecule has 1 aliphatic rings. The first-order valence-electron chi connectivity index (χ1n) is 9.22. The molecular formula is C22H21N3O2. The molecule has 1 N–H and O–H groups in total. The van der Waals surface area contributed by atoms with Crippen LogP contribution >= 0.6 is 0 Å². The van der Waals surface area contributed by atoms with Crippen LogP contribution < -0.4 is 5.32 Å². The van der Waals surface area contributed by atoms with Gasteiger partial charge in [0.2, 0.25) is 0 Å². The van der Waals surface area contributed by atoms with Crippen LogP contribution in [0.3, 0.4) is 0 Å². The molecule has 0 radical (unpaired) electrons. The number of carbonyl (C=O) groups is 2. The minimum absolute atomic E-state index is 0.0476. The van der Waals surface area contributed by atoms with Crippen LogP contribution in [0, 0.1) is 0 Å². The Labute approximate surface area is 158 Å². The van der Waals surface area contributed by atoms with E-state index in [9.17, 15) is 9.59 Å². The highest BCUT2D eigenvalue weighted by Crippen LogP contribution is 2.17. The fourth-order valence-corrected chi connectivity index (χ4v) is 3.43. The molecule has 0 saturated carbocycles. The molecule has 5 heteroatoms. The van der Waals surface area contributed by atoms with Crippen LogP contribution in [0.2, 0.25) is 0 Å². The smallest absolute Gasteiger partial charge is 0.272 e. The monoisotopic (exact) mass is 359 g/mol. The summed E-state index contributed by atoms with van der Waals surface area (Å²) >= 11 is 0. The number of likely N-dealkylation sites (tertiary alicyclic amines) is 1. The number of piperidine rings is 1. The van der Waals surface area contributed by atoms with Gasteiger partial charge in [0.25, 0.3) is 11.8 Å². The Kier molecular flexibility index (Phi) is 4.83. The molecule has 27 heavy (non-hydrogen) atoms. The largest absolute Gasteiger partial charge is 0.349 e. The molecule has 4 rings (SSSR count). The zero-order valence-electron chi connectivity index (χ0n) is 15.0. The lowest BCUT2D eigenvalue weighted by molar-refractivity contribution is 0.0693. The number of rotatable bonds is 3. The predicted molar refractivity (Wildman–Crippen MR) is 105 cm³/mol. The van der Waals surface area contributed by atoms with E-state index in [-0.39, 0.29) is 17.9 Å². The van der Waals surface area contributed by atoms with Crippen molar-refractivity contribution >= 4 is 22.7 Å². The summed E-state index contributed by atoms with van der Waals surface area (Å²) in [4.78, 5) is 31.4. The van der Waals surface area contributed by atoms with E-state index < -0.39 is 0 Å². The molecule has 2 aromatic carbocycles. The van der Waals surface area contributed by atoms with E-state index in [4.69, 9.17) is 0 Å². The van der Waals surface area contributed by atoms with E-state index in [1.54, 1.807) is 18.2 Å². The summed E-state index contributed by atoms with van der Waals surface area (Å²) in [5.74, 6) is -0.106. The zero-order valence-corrected chi connectivity index (χ0v) is 15.0. The Morgan fingerprint density at radius 3 is 2.37 bits per heavy atom. The molecule has 0 aliphatic carbocycles. The molecule has 0 atom stereocenters. The van der Waals surface area contributed by atoms with Crippen LogP contribution in [0.5, 0.6) is 0 Å². The van der Waals surface area contributed by atoms with Crippen molar-refractivity contribution < 1.29 is 9.59 Å². The number of amides is 2. The number of carbonyl (C=O) groups excluding carboxylic acids is 2. The van der Waals surface area contributed by atoms with Gasteiger partial charge in [-0.05, 0) is 37.1 Å². The van der Waals surface area contributed by atoms with E-state index in [0.29, 0.717) is 24.3 Å². The van der Waals surface area contributed by atoms with E-state index in [1.165, 1.54) is 0 Å². The average Bonchev–Trinajstić information content (AvgIpc) is 2.74. The first kappa shape index (κ1) is 17.2. The van der Waals surface area contributed by atoms with Gasteiger partial charge in [0.15, 0.2) is 0 Å². The third-order valence-corrected chi connectivity index (χ3v) is 4.97. The summed E-state index contributed by atoms with van der Waals surface area (Å²) in [6.45, 7) is 1.24. The van der Waals surface area contributed by atoms with Gasteiger partial charge in [0.1, 0.15) is 5.69 Å². The lowest BCUT2D eigenvalue weighted by atomic mass is 10.0. The van der Waals surface area contributed by atoms with Crippen molar-refractivity contribution in [3.05, 3.63) is 78.0 Å². The highest BCUT2D eigenvalue weighted by atomic mass is 16.2. The molecule has 0 bridgehead atoms. The molecule has 136 valence electrons. The van der Waals surface area contributed by atoms with Crippen LogP contribution in [0.1, 0.15) is 33.7 Å². The number of aromatic nitrogens is 1. The van der Waals surface area contributed by atoms with Crippen LogP contribution in [0.4, 0.5) is 0 Å². The van der Waals surface area contributed by atoms with Crippen molar-refractivity contribution in [2.75, 3.05) is 13.1 Å². The molecule has 1 saturated heterocycles. The third kappa shape index (κ3) is 3.82. The molecule has 0 unspecified atom stereocenters. The van der Waals surface area contributed by atoms with Crippen LogP contribution in [-0.2, 0) is 0 Å². The minimum atomic E-state index is -0.0587. The number of benzene rings is 2. The second-order valence-corrected chi connectivity index (χ2v) is 6.80. The molecule has 2 heterocycles. The second-order valence-electron chi connectivity index (χ2n) is 6.80. The van der Waals surface area contributed by atoms with Gasteiger partial charge < -0.3 is 10.2 Å². The van der Waals surface area contributed by atoms with Gasteiger partial charge in [-0.3, -0.25) is 9.59 Å². The maximum Gasteiger partial charge on any atom is 0.272 e. The Bertz CT molecular complexity index is 963. The van der Waals surface area contributed by atoms with Crippen molar-refractivity contribution in [3.63, 3.8) is 0 Å². The van der Waals surface area contributed by atoms with E-state index in [1.807, 2.05) is 53.4 Å². The quantitative estimate of drug-likeness (QED) is 0.781. The first-order valence-corrected chi connectivity index (χ1v) is 9.22. The van der Waals surface area contributed by atoms with Crippen molar-refractivity contribution in [1.29, 1.82) is 0 Å². The van der Waals surface area contributed by atoms with Crippen molar-refractivity contribution in [3.8, 4) is 0 Å². The van der Waals surface area contributed by atoms with Gasteiger partial charge in [0, 0.05) is 30.1 Å². The average molecular weight is 359 g/mol. The van der Waals surface area contributed by atoms with Gasteiger partial charge in [-0.15, -0.1) is 0 Å². The Morgan fingerprint density at radius 2 is 1.59 bits per heavy atom. The predicted octanol–water partition coefficient (Wildman–Crippen LogP) is 3.27. The number of nitrogens with zero attached hydrogens (tertiary/aromatic N) is 2. The summed E-state index contributed by atoms with van der Waals surface area (Å²) in [6.07, 6.45) is 1.50. The molecule has 0 spiro atoms. The van der Waals surface area contributed by atoms with Gasteiger partial charge >= 0.3 is 0 Å². The SMILES string of the molecule is O=C(NC1CCN(C(=O)c2ccc3ccccc3n2)CC1)c1ccccc1. The maximum absolute atomic E-state index is 12.8. The molecule has 2 amide bonds. The van der Waals surface area contributed by atoms with Gasteiger partial charge in [-0.25, -0.2) is 4.98 Å². The second kappa shape index (κ2) is 7.58. The number of nitrogens with one attached hydrogen (secondary N) is 1. The first-order chi connectivity index (χ1) is 13.2. The Hall–Kier alpha value is -3.21. The van der Waals surface area contributed by atoms with E-state index in [2.05, 4.69) is 10.3 Å². The standard InChI is InChI=1S/C22H21N3O2/c26-21(17-7-2-1-3-8-17)23-18-12-14-25(15-13-18)22(27)20-11-10-16-6-4-5-9-19(16)24-20/h1-11,18H,12-15H2,(H,23,26). The van der Waals surface area contributed by atoms with Crippen LogP contribution in [-0.4, -0.2) is 40.8 Å². The molecule has 3 aromatic rings. The van der Waals surface area contributed by atoms with Crippen LogP contribution in [0.15, 0.2) is 66.7 Å². The molecule has 1 aliphatic heterocycles. The van der Waals surface area contributed by atoms with E-state index >= 15 is 0 Å². The fourth-order valence-electron chi connectivity index (χ4n) is 3.43. The Balaban J connectivity index is 1.37. The highest BCUT2D eigenvalue weighted by Gasteiger charge is 2.25. The number of hydrogen-bond acceptors (Lipinski definition) is 3. The summed E-state index contributed by atoms with van der Waals surface area (Å²) in [5, 5.41) is 4.09. The summed E-state index contributed by atoms with van der Waals surface area (Å²) < 4.78 is 0. The van der Waals surface area contributed by atoms with Gasteiger partial charge in [0.05, 0.1) is 5.52 Å². The highest BCUT2D eigenvalue weighted by molar-refractivity contribution is 5.95. The molecule has 1 aromatic heterocycles. The molecule has 1 fully saturated rings. The number of hydrogen-bond donors (Lipinski definition) is 1. The molecule has 5 nitrogen and oxygen atoms in total. The van der Waals surface area contributed by atoms with Gasteiger partial charge in [-0.2, -0.15) is 0 Å². The van der Waals surface area contributed by atoms with Crippen molar-refractivity contribution in [2.45, 2.75) is 18.9 Å². The number of pyridine rings is 1. The van der Waals surface area contributed by atoms with Crippen molar-refractivity contribution in [1.82, 2.24) is 15.2 Å². The maximum atomic E-state index is 12.8. The van der Waals surface area contributed by atoms with Crippen LogP contribution in [0.25, 0.3) is 10.9 Å². The lowest BCUT2D eigenvalue weighted by Gasteiger charge is -2.32. The number of fused-ring (bicyclic) bond motifs is 1. The Morgan fingerprint density at radius 1 is 0.889 bits per heavy atom. The van der Waals surface area contributed by atoms with Crippen molar-refractivity contribution in [2.24, 2.45) is 0 Å². The number of para-hydroxylation sites is 1. The fraction of sp³-hybridized carbons (Fsp3) is 0.227. The van der Waals surface area contributed by atoms with Gasteiger partial charge in [-0.1, -0.05) is 42.5 Å². The minimum Gasteiger partial charge on any atom is -0.349 e. The summed E-state index contributed by atoms with van der Waals surface area (Å²) in [7, 11) is 0. The normalized spacial score (nSPS) is 14.9. The third-order valence-electron chi connectivity index (χ3n) is 4.97. The topological polar surface area (TPSA) is 62.3 Å². The summed E-state index contributed by atoms with van der Waals surface area (Å²) in [5.41, 5.74) is 1.96. The summed E-state index contributed by atoms with van der Waals surface area (Å²) in [6, 6.07) is 20.8.